The molecule has 1 fully saturated rings. The lowest BCUT2D eigenvalue weighted by molar-refractivity contribution is -0.121. The van der Waals surface area contributed by atoms with Crippen molar-refractivity contribution in [2.24, 2.45) is 0 Å². The molecule has 0 aliphatic heterocycles. The summed E-state index contributed by atoms with van der Waals surface area (Å²) in [5.74, 6) is 0.0827. The monoisotopic (exact) mass is 285 g/mol. The van der Waals surface area contributed by atoms with Gasteiger partial charge < -0.3 is 15.2 Å². The molecule has 1 amide bonds. The van der Waals surface area contributed by atoms with E-state index in [4.69, 9.17) is 0 Å². The zero-order valence-corrected chi connectivity index (χ0v) is 12.6. The van der Waals surface area contributed by atoms with Gasteiger partial charge in [-0.3, -0.25) is 4.79 Å². The lowest BCUT2D eigenvalue weighted by atomic mass is 10.1. The van der Waals surface area contributed by atoms with Crippen molar-refractivity contribution in [1.29, 1.82) is 0 Å². The zero-order valence-electron chi connectivity index (χ0n) is 12.6. The van der Waals surface area contributed by atoms with Gasteiger partial charge in [0.2, 0.25) is 5.91 Å². The van der Waals surface area contributed by atoms with Crippen LogP contribution in [0.1, 0.15) is 31.7 Å². The van der Waals surface area contributed by atoms with E-state index in [1.807, 2.05) is 6.20 Å². The highest BCUT2D eigenvalue weighted by molar-refractivity contribution is 5.85. The Labute approximate surface area is 125 Å². The minimum atomic E-state index is 0.0827. The molecule has 1 aromatic heterocycles. The first-order valence-corrected chi connectivity index (χ1v) is 7.84. The summed E-state index contributed by atoms with van der Waals surface area (Å²) in [7, 11) is 0. The van der Waals surface area contributed by atoms with Crippen molar-refractivity contribution in [3.63, 3.8) is 0 Å². The predicted octanol–water partition coefficient (Wildman–Crippen LogP) is 2.42. The van der Waals surface area contributed by atoms with Crippen LogP contribution in [0, 0.1) is 0 Å². The lowest BCUT2D eigenvalue weighted by Crippen LogP contribution is -2.28. The summed E-state index contributed by atoms with van der Waals surface area (Å²) in [6.45, 7) is 4.08. The smallest absolute Gasteiger partial charge is 0.239 e. The fourth-order valence-corrected chi connectivity index (χ4v) is 2.63. The van der Waals surface area contributed by atoms with Crippen molar-refractivity contribution in [2.45, 2.75) is 45.3 Å². The molecule has 0 bridgehead atoms. The fraction of sp³-hybridized carbons (Fsp3) is 0.471. The summed E-state index contributed by atoms with van der Waals surface area (Å²) >= 11 is 0. The van der Waals surface area contributed by atoms with Gasteiger partial charge in [0.05, 0.1) is 5.52 Å². The van der Waals surface area contributed by atoms with Gasteiger partial charge in [0.25, 0.3) is 0 Å². The van der Waals surface area contributed by atoms with Crippen LogP contribution < -0.4 is 10.6 Å². The van der Waals surface area contributed by atoms with Crippen LogP contribution in [0.25, 0.3) is 10.9 Å². The van der Waals surface area contributed by atoms with Crippen molar-refractivity contribution in [1.82, 2.24) is 15.2 Å². The van der Waals surface area contributed by atoms with Crippen LogP contribution in [0.3, 0.4) is 0 Å². The summed E-state index contributed by atoms with van der Waals surface area (Å²) < 4.78 is 2.06. The van der Waals surface area contributed by atoms with Gasteiger partial charge in [0.1, 0.15) is 6.54 Å². The van der Waals surface area contributed by atoms with Crippen molar-refractivity contribution in [3.05, 3.63) is 36.0 Å². The first-order chi connectivity index (χ1) is 10.3. The Morgan fingerprint density at radius 1 is 1.33 bits per heavy atom. The Morgan fingerprint density at radius 3 is 2.95 bits per heavy atom. The molecule has 1 aliphatic carbocycles. The topological polar surface area (TPSA) is 46.1 Å². The van der Waals surface area contributed by atoms with E-state index in [9.17, 15) is 4.79 Å². The molecule has 1 saturated carbocycles. The second-order valence-electron chi connectivity index (χ2n) is 5.80. The summed E-state index contributed by atoms with van der Waals surface area (Å²) in [4.78, 5) is 12.0. The molecule has 4 heteroatoms. The van der Waals surface area contributed by atoms with E-state index in [1.165, 1.54) is 29.3 Å². The van der Waals surface area contributed by atoms with E-state index in [0.29, 0.717) is 12.6 Å². The lowest BCUT2D eigenvalue weighted by Gasteiger charge is -2.11. The number of benzene rings is 1. The normalized spacial score (nSPS) is 14.5. The molecule has 112 valence electrons. The average Bonchev–Trinajstić information content (AvgIpc) is 3.24. The number of fused-ring (bicyclic) bond motifs is 1. The number of hydrogen-bond acceptors (Lipinski definition) is 2. The molecule has 1 aromatic carbocycles. The molecule has 1 aliphatic rings. The number of para-hydroxylation sites is 1. The van der Waals surface area contributed by atoms with Crippen LogP contribution in [-0.2, 0) is 17.9 Å². The van der Waals surface area contributed by atoms with Crippen molar-refractivity contribution in [3.8, 4) is 0 Å². The van der Waals surface area contributed by atoms with Crippen LogP contribution in [-0.4, -0.2) is 23.1 Å². The van der Waals surface area contributed by atoms with Gasteiger partial charge in [-0.2, -0.15) is 0 Å². The SMILES string of the molecule is CCCNC(=O)Cn1ccc2cccc(CNC3CC3)c21. The Bertz CT molecular complexity index is 628. The van der Waals surface area contributed by atoms with Gasteiger partial charge >= 0.3 is 0 Å². The fourth-order valence-electron chi connectivity index (χ4n) is 2.63. The van der Waals surface area contributed by atoms with Crippen LogP contribution >= 0.6 is 0 Å². The maximum atomic E-state index is 12.0. The van der Waals surface area contributed by atoms with Gasteiger partial charge in [-0.1, -0.05) is 25.1 Å². The number of carbonyl (C=O) groups excluding carboxylic acids is 1. The van der Waals surface area contributed by atoms with Crippen molar-refractivity contribution >= 4 is 16.8 Å². The molecule has 0 unspecified atom stereocenters. The second-order valence-corrected chi connectivity index (χ2v) is 5.80. The van der Waals surface area contributed by atoms with Gasteiger partial charge in [0, 0.05) is 25.3 Å². The van der Waals surface area contributed by atoms with E-state index >= 15 is 0 Å². The van der Waals surface area contributed by atoms with Crippen LogP contribution in [0.5, 0.6) is 0 Å². The maximum absolute atomic E-state index is 12.0. The van der Waals surface area contributed by atoms with Crippen molar-refractivity contribution < 1.29 is 4.79 Å². The van der Waals surface area contributed by atoms with E-state index in [1.54, 1.807) is 0 Å². The summed E-state index contributed by atoms with van der Waals surface area (Å²) in [5.41, 5.74) is 2.45. The molecule has 0 saturated heterocycles. The van der Waals surface area contributed by atoms with Crippen LogP contribution in [0.15, 0.2) is 30.5 Å². The molecule has 0 radical (unpaired) electrons. The van der Waals surface area contributed by atoms with Gasteiger partial charge in [-0.25, -0.2) is 0 Å². The number of rotatable bonds is 7. The van der Waals surface area contributed by atoms with Crippen molar-refractivity contribution in [2.75, 3.05) is 6.54 Å². The largest absolute Gasteiger partial charge is 0.355 e. The third-order valence-corrected chi connectivity index (χ3v) is 3.92. The molecule has 2 aromatic rings. The number of carbonyl (C=O) groups is 1. The number of nitrogens with zero attached hydrogens (tertiary/aromatic N) is 1. The standard InChI is InChI=1S/C17H23N3O/c1-2-9-18-16(21)12-20-10-8-13-4-3-5-14(17(13)20)11-19-15-6-7-15/h3-5,8,10,15,19H,2,6-7,9,11-12H2,1H3,(H,18,21). The minimum absolute atomic E-state index is 0.0827. The van der Waals surface area contributed by atoms with E-state index < -0.39 is 0 Å². The van der Waals surface area contributed by atoms with Crippen LogP contribution in [0.4, 0.5) is 0 Å². The molecule has 0 atom stereocenters. The van der Waals surface area contributed by atoms with E-state index in [-0.39, 0.29) is 5.91 Å². The number of aromatic nitrogens is 1. The van der Waals surface area contributed by atoms with Gasteiger partial charge in [-0.05, 0) is 36.3 Å². The Kier molecular flexibility index (Phi) is 4.25. The highest BCUT2D eigenvalue weighted by atomic mass is 16.1. The predicted molar refractivity (Wildman–Crippen MR) is 85.1 cm³/mol. The number of nitrogens with one attached hydrogen (secondary N) is 2. The zero-order chi connectivity index (χ0) is 14.7. The summed E-state index contributed by atoms with van der Waals surface area (Å²) in [5, 5.41) is 7.70. The molecule has 21 heavy (non-hydrogen) atoms. The molecule has 4 nitrogen and oxygen atoms in total. The molecule has 1 heterocycles. The second kappa shape index (κ2) is 6.31. The molecule has 0 spiro atoms. The molecule has 2 N–H and O–H groups in total. The molecular weight excluding hydrogens is 262 g/mol. The number of hydrogen-bond donors (Lipinski definition) is 2. The summed E-state index contributed by atoms with van der Waals surface area (Å²) in [6, 6.07) is 9.13. The first kappa shape index (κ1) is 14.1. The quantitative estimate of drug-likeness (QED) is 0.820. The molecular formula is C17H23N3O. The minimum Gasteiger partial charge on any atom is -0.355 e. The van der Waals surface area contributed by atoms with Gasteiger partial charge in [0.15, 0.2) is 0 Å². The van der Waals surface area contributed by atoms with Crippen LogP contribution in [0.2, 0.25) is 0 Å². The Hall–Kier alpha value is -1.81. The highest BCUT2D eigenvalue weighted by Crippen LogP contribution is 2.23. The first-order valence-electron chi connectivity index (χ1n) is 7.84. The average molecular weight is 285 g/mol. The van der Waals surface area contributed by atoms with E-state index in [2.05, 4.69) is 46.4 Å². The Morgan fingerprint density at radius 2 is 2.19 bits per heavy atom. The Balaban J connectivity index is 1.79. The molecule has 3 rings (SSSR count). The van der Waals surface area contributed by atoms with E-state index in [0.717, 1.165) is 19.5 Å². The third kappa shape index (κ3) is 3.45. The van der Waals surface area contributed by atoms with Gasteiger partial charge in [-0.15, -0.1) is 0 Å². The number of amides is 1. The third-order valence-electron chi connectivity index (χ3n) is 3.92. The summed E-state index contributed by atoms with van der Waals surface area (Å²) in [6.07, 6.45) is 5.55. The highest BCUT2D eigenvalue weighted by Gasteiger charge is 2.20. The maximum Gasteiger partial charge on any atom is 0.239 e.